The number of aromatic nitrogens is 3. The van der Waals surface area contributed by atoms with Crippen molar-refractivity contribution in [1.29, 1.82) is 0 Å². The Balaban J connectivity index is 1.06. The van der Waals surface area contributed by atoms with Crippen LogP contribution in [0.4, 0.5) is 23.0 Å². The molecule has 4 aliphatic rings. The number of amides is 1. The van der Waals surface area contributed by atoms with E-state index in [4.69, 9.17) is 20.4 Å². The maximum Gasteiger partial charge on any atom is 0.271 e. The van der Waals surface area contributed by atoms with Gasteiger partial charge in [0, 0.05) is 88.2 Å². The number of ether oxygens (including phenoxy) is 1. The summed E-state index contributed by atoms with van der Waals surface area (Å²) in [6.07, 6.45) is 8.63. The first-order chi connectivity index (χ1) is 22.0. The number of nitrogens with one attached hydrogen (secondary N) is 2. The average molecular weight is 612 g/mol. The van der Waals surface area contributed by atoms with Crippen molar-refractivity contribution >= 4 is 28.9 Å². The summed E-state index contributed by atoms with van der Waals surface area (Å²) < 4.78 is 5.55. The molecule has 0 atom stereocenters. The molecular weight excluding hydrogens is 566 g/mol. The highest BCUT2D eigenvalue weighted by atomic mass is 16.5. The lowest BCUT2D eigenvalue weighted by Gasteiger charge is -2.43. The number of carbonyl (C=O) groups is 1. The van der Waals surface area contributed by atoms with E-state index in [9.17, 15) is 4.79 Å². The first-order valence-electron chi connectivity index (χ1n) is 16.6. The van der Waals surface area contributed by atoms with Crippen molar-refractivity contribution in [2.45, 2.75) is 63.6 Å². The number of benzene rings is 1. The Hall–Kier alpha value is -3.80. The normalized spacial score (nSPS) is 20.7. The standard InChI is InChI=1S/C34H45N9O2/c1-23-22-25(5-8-29(23)43-14-9-27(10-15-43)42-18-16-41(17-19-42)26-6-7-26)38-34-31(32(35)44)39-30(28-4-2-3-13-36-28)33(40-34)37-24-11-20-45-21-12-24/h2-5,8,13,22,24,26-27H,6-7,9-12,14-21H2,1H3,(H2,35,44)(H2,37,38,40). The number of anilines is 4. The smallest absolute Gasteiger partial charge is 0.271 e. The maximum atomic E-state index is 12.6. The summed E-state index contributed by atoms with van der Waals surface area (Å²) >= 11 is 0. The van der Waals surface area contributed by atoms with Gasteiger partial charge < -0.3 is 26.0 Å². The molecule has 2 aromatic heterocycles. The number of piperazine rings is 1. The third kappa shape index (κ3) is 6.90. The molecule has 1 aromatic carbocycles. The van der Waals surface area contributed by atoms with Crippen LogP contribution in [0.15, 0.2) is 42.6 Å². The summed E-state index contributed by atoms with van der Waals surface area (Å²) in [6.45, 7) is 10.6. The van der Waals surface area contributed by atoms with Gasteiger partial charge in [-0.05, 0) is 81.3 Å². The van der Waals surface area contributed by atoms with E-state index >= 15 is 0 Å². The van der Waals surface area contributed by atoms with Crippen LogP contribution in [0.2, 0.25) is 0 Å². The number of aryl methyl sites for hydroxylation is 1. The van der Waals surface area contributed by atoms with Crippen LogP contribution in [-0.4, -0.2) is 101 Å². The number of pyridine rings is 1. The Morgan fingerprint density at radius 2 is 1.58 bits per heavy atom. The zero-order chi connectivity index (χ0) is 30.8. The number of piperidine rings is 1. The molecule has 5 heterocycles. The summed E-state index contributed by atoms with van der Waals surface area (Å²) in [5.41, 5.74) is 10.3. The number of carbonyl (C=O) groups excluding carboxylic acids is 1. The van der Waals surface area contributed by atoms with Gasteiger partial charge in [0.25, 0.3) is 5.91 Å². The first kappa shape index (κ1) is 29.9. The van der Waals surface area contributed by atoms with Crippen molar-refractivity contribution in [2.75, 3.05) is 68.0 Å². The lowest BCUT2D eigenvalue weighted by atomic mass is 10.0. The third-order valence-electron chi connectivity index (χ3n) is 9.79. The van der Waals surface area contributed by atoms with Gasteiger partial charge in [-0.3, -0.25) is 19.6 Å². The molecule has 11 nitrogen and oxygen atoms in total. The Bertz CT molecular complexity index is 1480. The Morgan fingerprint density at radius 3 is 2.20 bits per heavy atom. The quantitative estimate of drug-likeness (QED) is 0.327. The molecule has 4 N–H and O–H groups in total. The lowest BCUT2D eigenvalue weighted by molar-refractivity contribution is 0.0809. The maximum absolute atomic E-state index is 12.6. The van der Waals surface area contributed by atoms with E-state index in [2.05, 4.69) is 55.4 Å². The van der Waals surface area contributed by atoms with Gasteiger partial charge in [-0.25, -0.2) is 9.97 Å². The van der Waals surface area contributed by atoms with Crippen LogP contribution in [0.3, 0.4) is 0 Å². The van der Waals surface area contributed by atoms with Crippen LogP contribution < -0.4 is 21.3 Å². The second-order valence-corrected chi connectivity index (χ2v) is 12.9. The summed E-state index contributed by atoms with van der Waals surface area (Å²) in [4.78, 5) is 34.6. The summed E-state index contributed by atoms with van der Waals surface area (Å²) in [6, 6.07) is 13.7. The van der Waals surface area contributed by atoms with Crippen LogP contribution >= 0.6 is 0 Å². The molecule has 0 bridgehead atoms. The summed E-state index contributed by atoms with van der Waals surface area (Å²) in [5, 5.41) is 6.90. The molecule has 11 heteroatoms. The lowest BCUT2D eigenvalue weighted by Crippen LogP contribution is -2.53. The van der Waals surface area contributed by atoms with Gasteiger partial charge in [0.05, 0.1) is 5.69 Å². The fourth-order valence-electron chi connectivity index (χ4n) is 7.12. The topological polar surface area (TPSA) is 125 Å². The number of hydrogen-bond donors (Lipinski definition) is 3. The molecule has 4 fully saturated rings. The van der Waals surface area contributed by atoms with Crippen molar-refractivity contribution < 1.29 is 9.53 Å². The Labute approximate surface area is 265 Å². The minimum Gasteiger partial charge on any atom is -0.381 e. The van der Waals surface area contributed by atoms with Gasteiger partial charge >= 0.3 is 0 Å². The number of nitrogens with two attached hydrogens (primary N) is 1. The molecule has 0 spiro atoms. The highest BCUT2D eigenvalue weighted by Crippen LogP contribution is 2.33. The van der Waals surface area contributed by atoms with Gasteiger partial charge in [0.1, 0.15) is 5.69 Å². The van der Waals surface area contributed by atoms with Crippen LogP contribution in [-0.2, 0) is 4.74 Å². The highest BCUT2D eigenvalue weighted by Gasteiger charge is 2.34. The predicted octanol–water partition coefficient (Wildman–Crippen LogP) is 4.03. The molecule has 1 amide bonds. The molecule has 0 unspecified atom stereocenters. The van der Waals surface area contributed by atoms with Crippen molar-refractivity contribution in [2.24, 2.45) is 5.73 Å². The summed E-state index contributed by atoms with van der Waals surface area (Å²) in [7, 11) is 0. The molecule has 3 saturated heterocycles. The third-order valence-corrected chi connectivity index (χ3v) is 9.79. The first-order valence-corrected chi connectivity index (χ1v) is 16.6. The molecule has 1 saturated carbocycles. The second-order valence-electron chi connectivity index (χ2n) is 12.9. The Kier molecular flexibility index (Phi) is 8.82. The van der Waals surface area contributed by atoms with E-state index in [1.807, 2.05) is 18.2 Å². The number of hydrogen-bond acceptors (Lipinski definition) is 10. The molecule has 3 aromatic rings. The highest BCUT2D eigenvalue weighted by molar-refractivity contribution is 5.97. The van der Waals surface area contributed by atoms with Gasteiger partial charge in [-0.2, -0.15) is 0 Å². The number of rotatable bonds is 9. The molecule has 0 radical (unpaired) electrons. The molecule has 7 rings (SSSR count). The minimum atomic E-state index is -0.648. The van der Waals surface area contributed by atoms with Gasteiger partial charge in [-0.15, -0.1) is 0 Å². The number of nitrogens with zero attached hydrogens (tertiary/aromatic N) is 6. The van der Waals surface area contributed by atoms with E-state index in [0.717, 1.165) is 37.7 Å². The largest absolute Gasteiger partial charge is 0.381 e. The van der Waals surface area contributed by atoms with Gasteiger partial charge in [0.15, 0.2) is 17.3 Å². The monoisotopic (exact) mass is 611 g/mol. The van der Waals surface area contributed by atoms with Gasteiger partial charge in [-0.1, -0.05) is 6.07 Å². The van der Waals surface area contributed by atoms with Crippen LogP contribution in [0.25, 0.3) is 11.4 Å². The molecule has 45 heavy (non-hydrogen) atoms. The molecule has 3 aliphatic heterocycles. The van der Waals surface area contributed by atoms with E-state index < -0.39 is 5.91 Å². The molecular formula is C34H45N9O2. The molecule has 1 aliphatic carbocycles. The zero-order valence-corrected chi connectivity index (χ0v) is 26.3. The fraction of sp³-hybridized carbons (Fsp3) is 0.529. The van der Waals surface area contributed by atoms with Crippen LogP contribution in [0, 0.1) is 6.92 Å². The average Bonchev–Trinajstić information content (AvgIpc) is 3.92. The van der Waals surface area contributed by atoms with Crippen molar-refractivity contribution in [3.05, 3.63) is 53.9 Å². The fourth-order valence-corrected chi connectivity index (χ4v) is 7.12. The number of primary amides is 1. The van der Waals surface area contributed by atoms with E-state index in [0.29, 0.717) is 42.3 Å². The van der Waals surface area contributed by atoms with E-state index in [1.165, 1.54) is 63.1 Å². The van der Waals surface area contributed by atoms with Crippen molar-refractivity contribution in [1.82, 2.24) is 24.8 Å². The van der Waals surface area contributed by atoms with E-state index in [-0.39, 0.29) is 11.7 Å². The second kappa shape index (κ2) is 13.3. The minimum absolute atomic E-state index is 0.0787. The van der Waals surface area contributed by atoms with Crippen LogP contribution in [0.5, 0.6) is 0 Å². The van der Waals surface area contributed by atoms with Crippen molar-refractivity contribution in [3.8, 4) is 11.4 Å². The van der Waals surface area contributed by atoms with Crippen molar-refractivity contribution in [3.63, 3.8) is 0 Å². The van der Waals surface area contributed by atoms with E-state index in [1.54, 1.807) is 6.20 Å². The van der Waals surface area contributed by atoms with Crippen LogP contribution in [0.1, 0.15) is 54.6 Å². The summed E-state index contributed by atoms with van der Waals surface area (Å²) in [5.74, 6) is 0.245. The predicted molar refractivity (Wildman–Crippen MR) is 177 cm³/mol. The SMILES string of the molecule is Cc1cc(Nc2nc(NC3CCOCC3)c(-c3ccccn3)nc2C(N)=O)ccc1N1CCC(N2CCN(C3CC3)CC2)CC1. The molecule has 238 valence electrons. The Morgan fingerprint density at radius 1 is 0.867 bits per heavy atom. The van der Waals surface area contributed by atoms with Gasteiger partial charge in [0.2, 0.25) is 0 Å². The zero-order valence-electron chi connectivity index (χ0n) is 26.3.